The van der Waals surface area contributed by atoms with Crippen molar-refractivity contribution in [1.82, 2.24) is 4.90 Å². The minimum absolute atomic E-state index is 0.0583. The van der Waals surface area contributed by atoms with Gasteiger partial charge in [0.05, 0.1) is 5.88 Å². The van der Waals surface area contributed by atoms with Gasteiger partial charge in [0.15, 0.2) is 5.17 Å². The number of thioether (sulfide) groups is 1. The summed E-state index contributed by atoms with van der Waals surface area (Å²) in [6.07, 6.45) is -1.17. The predicted octanol–water partition coefficient (Wildman–Crippen LogP) is 5.14. The van der Waals surface area contributed by atoms with E-state index in [0.717, 1.165) is 11.8 Å². The Hall–Kier alpha value is -2.40. The van der Waals surface area contributed by atoms with E-state index in [1.54, 1.807) is 36.4 Å². The number of carbonyl (C=O) groups excluding carboxylic acids is 1. The smallest absolute Gasteiger partial charge is 0.284 e. The normalized spacial score (nSPS) is 17.2. The van der Waals surface area contributed by atoms with Crippen LogP contribution in [-0.2, 0) is 0 Å². The van der Waals surface area contributed by atoms with E-state index >= 15 is 0 Å². The molecule has 1 aliphatic heterocycles. The summed E-state index contributed by atoms with van der Waals surface area (Å²) in [6, 6.07) is 8.56. The number of amides is 2. The third-order valence-corrected chi connectivity index (χ3v) is 4.41. The van der Waals surface area contributed by atoms with E-state index in [1.807, 2.05) is 26.8 Å². The molecule has 0 radical (unpaired) electrons. The number of carbonyl (C=O) groups is 1. The zero-order valence-corrected chi connectivity index (χ0v) is 16.8. The van der Waals surface area contributed by atoms with E-state index in [0.29, 0.717) is 5.69 Å². The highest BCUT2D eigenvalue weighted by Crippen LogP contribution is 2.27. The van der Waals surface area contributed by atoms with Crippen LogP contribution in [0.15, 0.2) is 47.5 Å². The molecule has 1 fully saturated rings. The summed E-state index contributed by atoms with van der Waals surface area (Å²) in [4.78, 5) is 19.3. The zero-order chi connectivity index (χ0) is 20.8. The maximum Gasteiger partial charge on any atom is 0.408 e. The quantitative estimate of drug-likeness (QED) is 0.646. The topological polar surface area (TPSA) is 35.9 Å². The lowest BCUT2D eigenvalue weighted by molar-refractivity contribution is -0.118. The van der Waals surface area contributed by atoms with Gasteiger partial charge in [0.2, 0.25) is 0 Å². The van der Waals surface area contributed by atoms with E-state index in [4.69, 9.17) is 0 Å². The van der Waals surface area contributed by atoms with Crippen molar-refractivity contribution in [2.45, 2.75) is 26.9 Å². The average Bonchev–Trinajstić information content (AvgIpc) is 2.60. The fourth-order valence-electron chi connectivity index (χ4n) is 2.20. The van der Waals surface area contributed by atoms with Gasteiger partial charge in [-0.2, -0.15) is 13.2 Å². The van der Waals surface area contributed by atoms with Crippen molar-refractivity contribution < 1.29 is 18.0 Å². The number of rotatable bonds is 4. The molecular weight excluding hydrogens is 387 g/mol. The van der Waals surface area contributed by atoms with Crippen LogP contribution in [0.3, 0.4) is 0 Å². The first-order valence-electron chi connectivity index (χ1n) is 8.63. The Kier molecular flexibility index (Phi) is 7.19. The van der Waals surface area contributed by atoms with Gasteiger partial charge in [-0.25, -0.2) is 4.79 Å². The summed E-state index contributed by atoms with van der Waals surface area (Å²) in [5.74, 6) is 6.11. The lowest BCUT2D eigenvalue weighted by atomic mass is 9.98. The Labute approximate surface area is 167 Å². The van der Waals surface area contributed by atoms with E-state index in [9.17, 15) is 18.0 Å². The molecule has 1 saturated heterocycles. The van der Waals surface area contributed by atoms with Gasteiger partial charge in [0, 0.05) is 17.6 Å². The number of aliphatic imine (C=N–C) groups is 1. The largest absolute Gasteiger partial charge is 0.408 e. The van der Waals surface area contributed by atoms with Crippen LogP contribution in [0.5, 0.6) is 0 Å². The fraction of sp³-hybridized carbons (Fsp3) is 0.400. The Balaban J connectivity index is 2.21. The van der Waals surface area contributed by atoms with Gasteiger partial charge < -0.3 is 0 Å². The summed E-state index contributed by atoms with van der Waals surface area (Å²) in [5, 5.41) is 0.0583. The van der Waals surface area contributed by atoms with Gasteiger partial charge in [-0.15, -0.1) is 0 Å². The third-order valence-electron chi connectivity index (χ3n) is 3.41. The second-order valence-corrected chi connectivity index (χ2v) is 7.98. The number of anilines is 1. The molecule has 2 amide bonds. The number of para-hydroxylation sites is 1. The predicted molar refractivity (Wildman–Crippen MR) is 108 cm³/mol. The number of alkyl halides is 3. The van der Waals surface area contributed by atoms with Crippen LogP contribution in [-0.4, -0.2) is 41.2 Å². The Morgan fingerprint density at radius 2 is 1.89 bits per heavy atom. The van der Waals surface area contributed by atoms with Gasteiger partial charge >= 0.3 is 12.2 Å². The summed E-state index contributed by atoms with van der Waals surface area (Å²) in [5.41, 5.74) is 0.515. The van der Waals surface area contributed by atoms with Crippen LogP contribution in [0.25, 0.3) is 0 Å². The molecule has 8 heteroatoms. The average molecular weight is 409 g/mol. The van der Waals surface area contributed by atoms with Crippen LogP contribution in [0.2, 0.25) is 0 Å². The van der Waals surface area contributed by atoms with Gasteiger partial charge in [-0.3, -0.25) is 14.8 Å². The summed E-state index contributed by atoms with van der Waals surface area (Å²) in [7, 11) is 0. The molecule has 0 atom stereocenters. The standard InChI is InChI=1S/C20H22F3N3OS/c1-19(2,3)12-8-5-9-13-25-17(24-14-20(21,22)23)28-15-26(18(25)27)16-10-6-4-7-11-16/h4-7,9-11H,13-15H2,1-3H3. The SMILES string of the molecule is CC(C)(C)C#CC=CCN1C(=O)N(c2ccccc2)CSC1=NCC(F)(F)F. The first-order valence-corrected chi connectivity index (χ1v) is 9.61. The van der Waals surface area contributed by atoms with Crippen LogP contribution < -0.4 is 4.90 Å². The molecule has 0 bridgehead atoms. The van der Waals surface area contributed by atoms with Crippen molar-refractivity contribution in [3.63, 3.8) is 0 Å². The second kappa shape index (κ2) is 9.20. The molecule has 0 saturated carbocycles. The molecule has 1 heterocycles. The Bertz CT molecular complexity index is 802. The van der Waals surface area contributed by atoms with E-state index in [2.05, 4.69) is 16.8 Å². The Morgan fingerprint density at radius 1 is 1.21 bits per heavy atom. The van der Waals surface area contributed by atoms with Crippen LogP contribution in [0, 0.1) is 17.3 Å². The molecule has 2 rings (SSSR count). The highest BCUT2D eigenvalue weighted by Gasteiger charge is 2.33. The van der Waals surface area contributed by atoms with Crippen LogP contribution >= 0.6 is 11.8 Å². The molecule has 0 spiro atoms. The molecule has 28 heavy (non-hydrogen) atoms. The molecule has 4 nitrogen and oxygen atoms in total. The number of nitrogens with zero attached hydrogens (tertiary/aromatic N) is 3. The van der Waals surface area contributed by atoms with Crippen molar-refractivity contribution in [2.24, 2.45) is 10.4 Å². The summed E-state index contributed by atoms with van der Waals surface area (Å²) < 4.78 is 37.7. The number of hydrogen-bond acceptors (Lipinski definition) is 3. The van der Waals surface area contributed by atoms with Crippen LogP contribution in [0.1, 0.15) is 20.8 Å². The molecule has 0 aliphatic carbocycles. The highest BCUT2D eigenvalue weighted by atomic mass is 32.2. The summed E-state index contributed by atoms with van der Waals surface area (Å²) >= 11 is 1.10. The highest BCUT2D eigenvalue weighted by molar-refractivity contribution is 8.14. The van der Waals surface area contributed by atoms with Crippen molar-refractivity contribution >= 4 is 28.6 Å². The third kappa shape index (κ3) is 6.97. The molecule has 150 valence electrons. The van der Waals surface area contributed by atoms with Gasteiger partial charge in [0.25, 0.3) is 0 Å². The Morgan fingerprint density at radius 3 is 2.50 bits per heavy atom. The molecule has 0 unspecified atom stereocenters. The number of amidine groups is 1. The van der Waals surface area contributed by atoms with Crippen molar-refractivity contribution in [3.8, 4) is 11.8 Å². The molecular formula is C20H22F3N3OS. The minimum atomic E-state index is -4.42. The van der Waals surface area contributed by atoms with E-state index in [1.165, 1.54) is 9.80 Å². The summed E-state index contributed by atoms with van der Waals surface area (Å²) in [6.45, 7) is 4.68. The number of allylic oxidation sites excluding steroid dienone is 1. The number of hydrogen-bond donors (Lipinski definition) is 0. The number of halogens is 3. The fourth-order valence-corrected chi connectivity index (χ4v) is 3.16. The maximum absolute atomic E-state index is 12.9. The van der Waals surface area contributed by atoms with Gasteiger partial charge in [-0.05, 0) is 39.0 Å². The van der Waals surface area contributed by atoms with Crippen LogP contribution in [0.4, 0.5) is 23.7 Å². The van der Waals surface area contributed by atoms with Crippen molar-refractivity contribution in [2.75, 3.05) is 23.9 Å². The lowest BCUT2D eigenvalue weighted by Gasteiger charge is -2.35. The maximum atomic E-state index is 12.9. The zero-order valence-electron chi connectivity index (χ0n) is 16.0. The monoisotopic (exact) mass is 409 g/mol. The lowest BCUT2D eigenvalue weighted by Crippen LogP contribution is -2.50. The number of urea groups is 1. The van der Waals surface area contributed by atoms with Crippen molar-refractivity contribution in [1.29, 1.82) is 0 Å². The molecule has 1 aromatic carbocycles. The second-order valence-electron chi connectivity index (χ2n) is 7.07. The molecule has 0 aromatic heterocycles. The van der Waals surface area contributed by atoms with Crippen molar-refractivity contribution in [3.05, 3.63) is 42.5 Å². The van der Waals surface area contributed by atoms with Gasteiger partial charge in [-0.1, -0.05) is 47.9 Å². The minimum Gasteiger partial charge on any atom is -0.284 e. The molecule has 0 N–H and O–H groups in total. The van der Waals surface area contributed by atoms with Gasteiger partial charge in [0.1, 0.15) is 6.54 Å². The first-order chi connectivity index (χ1) is 13.1. The molecule has 1 aromatic rings. The molecule has 1 aliphatic rings. The van der Waals surface area contributed by atoms with E-state index < -0.39 is 18.8 Å². The number of benzene rings is 1. The first kappa shape index (κ1) is 21.9. The van der Waals surface area contributed by atoms with E-state index in [-0.39, 0.29) is 23.0 Å².